The van der Waals surface area contributed by atoms with E-state index in [9.17, 15) is 13.2 Å². The van der Waals surface area contributed by atoms with Gasteiger partial charge in [0.15, 0.2) is 11.0 Å². The van der Waals surface area contributed by atoms with Crippen LogP contribution in [-0.4, -0.2) is 16.7 Å². The van der Waals surface area contributed by atoms with E-state index in [-0.39, 0.29) is 0 Å². The Kier molecular flexibility index (Phi) is 3.24. The highest BCUT2D eigenvalue weighted by Gasteiger charge is 2.34. The Morgan fingerprint density at radius 3 is 2.43 bits per heavy atom. The predicted molar refractivity (Wildman–Crippen MR) is 45.2 cm³/mol. The zero-order valence-corrected chi connectivity index (χ0v) is 8.08. The van der Waals surface area contributed by atoms with Gasteiger partial charge in [-0.05, 0) is 6.07 Å². The molecule has 7 heteroatoms. The van der Waals surface area contributed by atoms with Gasteiger partial charge in [0.2, 0.25) is 0 Å². The van der Waals surface area contributed by atoms with Crippen molar-refractivity contribution in [3.8, 4) is 0 Å². The first-order valence-corrected chi connectivity index (χ1v) is 4.15. The molecule has 0 radical (unpaired) electrons. The van der Waals surface area contributed by atoms with Crippen LogP contribution in [0, 0.1) is 5.82 Å². The van der Waals surface area contributed by atoms with E-state index < -0.39 is 34.2 Å². The number of rotatable bonds is 2. The van der Waals surface area contributed by atoms with E-state index in [0.29, 0.717) is 6.07 Å². The SMILES string of the molecule is OCC(F)(F)c1cc(F)c(Cl)nc1Cl. The van der Waals surface area contributed by atoms with E-state index in [1.54, 1.807) is 0 Å². The van der Waals surface area contributed by atoms with Crippen molar-refractivity contribution in [2.45, 2.75) is 5.92 Å². The van der Waals surface area contributed by atoms with Crippen LogP contribution in [0.4, 0.5) is 13.2 Å². The molecule has 1 aromatic rings. The summed E-state index contributed by atoms with van der Waals surface area (Å²) in [5, 5.41) is 7.12. The molecule has 0 atom stereocenters. The topological polar surface area (TPSA) is 33.1 Å². The number of aromatic nitrogens is 1. The van der Waals surface area contributed by atoms with E-state index in [2.05, 4.69) is 4.98 Å². The largest absolute Gasteiger partial charge is 0.390 e. The zero-order chi connectivity index (χ0) is 10.9. The molecule has 0 fully saturated rings. The quantitative estimate of drug-likeness (QED) is 0.813. The number of pyridine rings is 1. The summed E-state index contributed by atoms with van der Waals surface area (Å²) in [5.74, 6) is -4.74. The second-order valence-corrected chi connectivity index (χ2v) is 3.18. The first kappa shape index (κ1) is 11.6. The molecule has 0 saturated carbocycles. The third-order valence-corrected chi connectivity index (χ3v) is 2.03. The zero-order valence-electron chi connectivity index (χ0n) is 6.57. The maximum Gasteiger partial charge on any atom is 0.298 e. The Morgan fingerprint density at radius 1 is 1.36 bits per heavy atom. The van der Waals surface area contributed by atoms with Crippen LogP contribution in [-0.2, 0) is 5.92 Å². The fourth-order valence-corrected chi connectivity index (χ4v) is 1.25. The first-order valence-electron chi connectivity index (χ1n) is 3.39. The average molecular weight is 246 g/mol. The molecule has 0 bridgehead atoms. The van der Waals surface area contributed by atoms with E-state index in [4.69, 9.17) is 28.3 Å². The molecule has 0 spiro atoms. The highest BCUT2D eigenvalue weighted by atomic mass is 35.5. The molecule has 0 unspecified atom stereocenters. The molecule has 78 valence electrons. The molecule has 0 aliphatic rings. The molecular formula is C7H4Cl2F3NO. The Balaban J connectivity index is 3.29. The molecule has 0 saturated heterocycles. The van der Waals surface area contributed by atoms with E-state index in [1.807, 2.05) is 0 Å². The summed E-state index contributed by atoms with van der Waals surface area (Å²) in [6.45, 7) is -1.48. The summed E-state index contributed by atoms with van der Waals surface area (Å²) in [7, 11) is 0. The molecule has 1 heterocycles. The minimum Gasteiger partial charge on any atom is -0.390 e. The third-order valence-electron chi connectivity index (χ3n) is 1.48. The lowest BCUT2D eigenvalue weighted by Crippen LogP contribution is -2.19. The van der Waals surface area contributed by atoms with Crippen molar-refractivity contribution >= 4 is 23.2 Å². The second-order valence-electron chi connectivity index (χ2n) is 2.46. The summed E-state index contributed by atoms with van der Waals surface area (Å²) < 4.78 is 38.5. The molecule has 14 heavy (non-hydrogen) atoms. The number of aliphatic hydroxyl groups excluding tert-OH is 1. The van der Waals surface area contributed by atoms with Gasteiger partial charge in [-0.3, -0.25) is 0 Å². The van der Waals surface area contributed by atoms with Crippen LogP contribution in [0.3, 0.4) is 0 Å². The van der Waals surface area contributed by atoms with Gasteiger partial charge in [-0.1, -0.05) is 23.2 Å². The van der Waals surface area contributed by atoms with Gasteiger partial charge >= 0.3 is 0 Å². The van der Waals surface area contributed by atoms with Crippen molar-refractivity contribution in [3.63, 3.8) is 0 Å². The van der Waals surface area contributed by atoms with Gasteiger partial charge in [0, 0.05) is 0 Å². The van der Waals surface area contributed by atoms with Crippen LogP contribution in [0.2, 0.25) is 10.3 Å². The maximum absolute atomic E-state index is 12.9. The lowest BCUT2D eigenvalue weighted by Gasteiger charge is -2.14. The lowest BCUT2D eigenvalue weighted by molar-refractivity contribution is -0.0560. The second kappa shape index (κ2) is 3.92. The van der Waals surface area contributed by atoms with E-state index in [0.717, 1.165) is 0 Å². The highest BCUT2D eigenvalue weighted by molar-refractivity contribution is 6.33. The van der Waals surface area contributed by atoms with Crippen LogP contribution < -0.4 is 0 Å². The van der Waals surface area contributed by atoms with Crippen molar-refractivity contribution < 1.29 is 18.3 Å². The smallest absolute Gasteiger partial charge is 0.298 e. The van der Waals surface area contributed by atoms with Crippen molar-refractivity contribution in [3.05, 3.63) is 27.8 Å². The Labute approximate surface area is 87.3 Å². The Bertz CT molecular complexity index is 359. The van der Waals surface area contributed by atoms with E-state index in [1.165, 1.54) is 0 Å². The molecule has 0 aliphatic carbocycles. The number of alkyl halides is 2. The molecule has 0 amide bonds. The fourth-order valence-electron chi connectivity index (χ4n) is 0.787. The van der Waals surface area contributed by atoms with Gasteiger partial charge in [0.25, 0.3) is 5.92 Å². The fraction of sp³-hybridized carbons (Fsp3) is 0.286. The molecule has 0 aliphatic heterocycles. The van der Waals surface area contributed by atoms with Gasteiger partial charge in [-0.25, -0.2) is 9.37 Å². The minimum atomic E-state index is -3.63. The predicted octanol–water partition coefficient (Wildman–Crippen LogP) is 2.61. The molecule has 0 aromatic carbocycles. The summed E-state index contributed by atoms with van der Waals surface area (Å²) in [6.07, 6.45) is 0. The van der Waals surface area contributed by atoms with Crippen LogP contribution >= 0.6 is 23.2 Å². The number of halogens is 5. The van der Waals surface area contributed by atoms with Gasteiger partial charge in [-0.15, -0.1) is 0 Å². The number of aliphatic hydroxyl groups is 1. The van der Waals surface area contributed by atoms with Crippen LogP contribution in [0.5, 0.6) is 0 Å². The van der Waals surface area contributed by atoms with Crippen molar-refractivity contribution in [2.75, 3.05) is 6.61 Å². The molecular weight excluding hydrogens is 242 g/mol. The van der Waals surface area contributed by atoms with E-state index >= 15 is 0 Å². The Hall–Kier alpha value is -0.520. The summed E-state index contributed by atoms with van der Waals surface area (Å²) in [6, 6.07) is 0.452. The number of nitrogens with zero attached hydrogens (tertiary/aromatic N) is 1. The minimum absolute atomic E-state index is 0.452. The van der Waals surface area contributed by atoms with Gasteiger partial charge in [0.05, 0.1) is 5.56 Å². The molecule has 1 aromatic heterocycles. The summed E-state index contributed by atoms with van der Waals surface area (Å²) >= 11 is 10.5. The number of hydrogen-bond acceptors (Lipinski definition) is 2. The molecule has 2 nitrogen and oxygen atoms in total. The third kappa shape index (κ3) is 2.10. The summed E-state index contributed by atoms with van der Waals surface area (Å²) in [5.41, 5.74) is -0.886. The van der Waals surface area contributed by atoms with Crippen molar-refractivity contribution in [1.82, 2.24) is 4.98 Å². The van der Waals surface area contributed by atoms with Crippen LogP contribution in [0.1, 0.15) is 5.56 Å². The monoisotopic (exact) mass is 245 g/mol. The highest BCUT2D eigenvalue weighted by Crippen LogP contribution is 2.33. The summed E-state index contributed by atoms with van der Waals surface area (Å²) in [4.78, 5) is 3.15. The average Bonchev–Trinajstić information content (AvgIpc) is 2.11. The van der Waals surface area contributed by atoms with Crippen LogP contribution in [0.15, 0.2) is 6.07 Å². The lowest BCUT2D eigenvalue weighted by atomic mass is 10.1. The normalized spacial score (nSPS) is 11.9. The van der Waals surface area contributed by atoms with Gasteiger partial charge in [-0.2, -0.15) is 8.78 Å². The van der Waals surface area contributed by atoms with Crippen molar-refractivity contribution in [1.29, 1.82) is 0 Å². The number of hydrogen-bond donors (Lipinski definition) is 1. The first-order chi connectivity index (χ1) is 6.38. The van der Waals surface area contributed by atoms with Crippen molar-refractivity contribution in [2.24, 2.45) is 0 Å². The van der Waals surface area contributed by atoms with Gasteiger partial charge in [0.1, 0.15) is 11.8 Å². The Morgan fingerprint density at radius 2 is 1.93 bits per heavy atom. The standard InChI is InChI=1S/C7H4Cl2F3NO/c8-5-3(7(11,12)2-14)1-4(10)6(9)13-5/h1,14H,2H2. The molecule has 1 N–H and O–H groups in total. The molecule has 1 rings (SSSR count). The van der Waals surface area contributed by atoms with Crippen LogP contribution in [0.25, 0.3) is 0 Å². The maximum atomic E-state index is 12.9. The van der Waals surface area contributed by atoms with Gasteiger partial charge < -0.3 is 5.11 Å².